The SMILES string of the molecule is O=C(Nc1ccc(NS(=O)(=O)Cc2ccc(F)cc2)cn1)C1CC1. The number of pyridine rings is 1. The first-order valence-electron chi connectivity index (χ1n) is 7.43. The summed E-state index contributed by atoms with van der Waals surface area (Å²) in [5.41, 5.74) is 0.770. The maximum atomic E-state index is 12.8. The van der Waals surface area contributed by atoms with Crippen LogP contribution in [0.4, 0.5) is 15.9 Å². The zero-order valence-electron chi connectivity index (χ0n) is 12.7. The third-order valence-electron chi connectivity index (χ3n) is 3.51. The van der Waals surface area contributed by atoms with Gasteiger partial charge in [-0.05, 0) is 42.7 Å². The summed E-state index contributed by atoms with van der Waals surface area (Å²) in [6.07, 6.45) is 3.13. The fourth-order valence-corrected chi connectivity index (χ4v) is 3.30. The number of hydrogen-bond donors (Lipinski definition) is 2. The van der Waals surface area contributed by atoms with E-state index in [1.54, 1.807) is 0 Å². The van der Waals surface area contributed by atoms with Gasteiger partial charge in [0.15, 0.2) is 0 Å². The maximum Gasteiger partial charge on any atom is 0.236 e. The van der Waals surface area contributed by atoms with Crippen LogP contribution in [0.5, 0.6) is 0 Å². The summed E-state index contributed by atoms with van der Waals surface area (Å²) in [6.45, 7) is 0. The lowest BCUT2D eigenvalue weighted by Crippen LogP contribution is -2.16. The van der Waals surface area contributed by atoms with Gasteiger partial charge in [0.05, 0.1) is 17.6 Å². The van der Waals surface area contributed by atoms with E-state index >= 15 is 0 Å². The van der Waals surface area contributed by atoms with Gasteiger partial charge in [0.25, 0.3) is 0 Å². The average Bonchev–Trinajstić information content (AvgIpc) is 3.36. The van der Waals surface area contributed by atoms with Crippen molar-refractivity contribution in [1.29, 1.82) is 0 Å². The van der Waals surface area contributed by atoms with Crippen LogP contribution in [0.1, 0.15) is 18.4 Å². The van der Waals surface area contributed by atoms with Crippen molar-refractivity contribution in [3.05, 3.63) is 54.0 Å². The minimum absolute atomic E-state index is 0.0628. The second-order valence-electron chi connectivity index (χ2n) is 5.68. The van der Waals surface area contributed by atoms with Gasteiger partial charge in [0, 0.05) is 5.92 Å². The molecule has 1 fully saturated rings. The molecule has 0 unspecified atom stereocenters. The van der Waals surface area contributed by atoms with Crippen molar-refractivity contribution in [2.45, 2.75) is 18.6 Å². The largest absolute Gasteiger partial charge is 0.310 e. The number of aromatic nitrogens is 1. The molecule has 1 aromatic carbocycles. The highest BCUT2D eigenvalue weighted by molar-refractivity contribution is 7.91. The highest BCUT2D eigenvalue weighted by Crippen LogP contribution is 2.30. The zero-order valence-corrected chi connectivity index (χ0v) is 13.5. The van der Waals surface area contributed by atoms with Gasteiger partial charge >= 0.3 is 0 Å². The number of carbonyl (C=O) groups is 1. The van der Waals surface area contributed by atoms with E-state index in [0.29, 0.717) is 17.1 Å². The molecule has 126 valence electrons. The number of nitrogens with one attached hydrogen (secondary N) is 2. The van der Waals surface area contributed by atoms with Gasteiger partial charge in [-0.2, -0.15) is 0 Å². The first kappa shape index (κ1) is 16.4. The fraction of sp³-hybridized carbons (Fsp3) is 0.250. The van der Waals surface area contributed by atoms with Crippen LogP contribution < -0.4 is 10.0 Å². The molecule has 2 aromatic rings. The summed E-state index contributed by atoms with van der Waals surface area (Å²) in [5.74, 6) is -0.300. The summed E-state index contributed by atoms with van der Waals surface area (Å²) in [6, 6.07) is 8.33. The summed E-state index contributed by atoms with van der Waals surface area (Å²) >= 11 is 0. The van der Waals surface area contributed by atoms with Crippen molar-refractivity contribution in [3.8, 4) is 0 Å². The summed E-state index contributed by atoms with van der Waals surface area (Å²) in [5, 5.41) is 2.68. The van der Waals surface area contributed by atoms with E-state index in [4.69, 9.17) is 0 Å². The molecule has 6 nitrogen and oxygen atoms in total. The first-order chi connectivity index (χ1) is 11.4. The third-order valence-corrected chi connectivity index (χ3v) is 4.77. The van der Waals surface area contributed by atoms with E-state index in [-0.39, 0.29) is 17.6 Å². The number of rotatable bonds is 6. The molecule has 1 amide bonds. The normalized spacial score (nSPS) is 14.2. The lowest BCUT2D eigenvalue weighted by molar-refractivity contribution is -0.117. The maximum absolute atomic E-state index is 12.8. The molecule has 0 atom stereocenters. The Bertz CT molecular complexity index is 832. The summed E-state index contributed by atoms with van der Waals surface area (Å²) < 4.78 is 39.5. The molecule has 0 saturated heterocycles. The minimum Gasteiger partial charge on any atom is -0.310 e. The summed E-state index contributed by atoms with van der Waals surface area (Å²) in [4.78, 5) is 15.6. The van der Waals surface area contributed by atoms with Crippen LogP contribution in [0.25, 0.3) is 0 Å². The molecule has 24 heavy (non-hydrogen) atoms. The van der Waals surface area contributed by atoms with Crippen LogP contribution in [-0.4, -0.2) is 19.3 Å². The van der Waals surface area contributed by atoms with Crippen LogP contribution in [0, 0.1) is 11.7 Å². The number of anilines is 2. The van der Waals surface area contributed by atoms with Crippen molar-refractivity contribution in [1.82, 2.24) is 4.98 Å². The van der Waals surface area contributed by atoms with Gasteiger partial charge in [0.1, 0.15) is 11.6 Å². The Balaban J connectivity index is 1.61. The lowest BCUT2D eigenvalue weighted by atomic mass is 10.2. The molecule has 2 N–H and O–H groups in total. The van der Waals surface area contributed by atoms with E-state index in [1.165, 1.54) is 42.6 Å². The van der Waals surface area contributed by atoms with Gasteiger partial charge in [-0.15, -0.1) is 0 Å². The molecular weight excluding hydrogens is 333 g/mol. The van der Waals surface area contributed by atoms with E-state index in [0.717, 1.165) is 12.8 Å². The number of nitrogens with zero attached hydrogens (tertiary/aromatic N) is 1. The zero-order chi connectivity index (χ0) is 17.2. The standard InChI is InChI=1S/C16H16FN3O3S/c17-13-5-1-11(2-6-13)10-24(22,23)20-14-7-8-15(18-9-14)19-16(21)12-3-4-12/h1-2,5-9,12,20H,3-4,10H2,(H,18,19,21). The second-order valence-corrected chi connectivity index (χ2v) is 7.41. The Morgan fingerprint density at radius 2 is 1.88 bits per heavy atom. The molecule has 0 aliphatic heterocycles. The first-order valence-corrected chi connectivity index (χ1v) is 9.08. The number of amides is 1. The molecule has 1 heterocycles. The van der Waals surface area contributed by atoms with E-state index in [1.807, 2.05) is 0 Å². The Morgan fingerprint density at radius 1 is 1.17 bits per heavy atom. The molecule has 0 spiro atoms. The molecule has 1 aliphatic carbocycles. The van der Waals surface area contributed by atoms with Crippen molar-refractivity contribution in [2.75, 3.05) is 10.0 Å². The van der Waals surface area contributed by atoms with Gasteiger partial charge in [-0.25, -0.2) is 17.8 Å². The van der Waals surface area contributed by atoms with Gasteiger partial charge in [0.2, 0.25) is 15.9 Å². The van der Waals surface area contributed by atoms with Gasteiger partial charge in [-0.1, -0.05) is 12.1 Å². The van der Waals surface area contributed by atoms with Crippen LogP contribution in [-0.2, 0) is 20.6 Å². The van der Waals surface area contributed by atoms with Crippen molar-refractivity contribution in [2.24, 2.45) is 5.92 Å². The van der Waals surface area contributed by atoms with E-state index in [2.05, 4.69) is 15.0 Å². The number of sulfonamides is 1. The molecule has 8 heteroatoms. The van der Waals surface area contributed by atoms with Crippen molar-refractivity contribution < 1.29 is 17.6 Å². The number of benzene rings is 1. The Labute approximate surface area is 139 Å². The quantitative estimate of drug-likeness (QED) is 0.839. The van der Waals surface area contributed by atoms with Crippen LogP contribution >= 0.6 is 0 Å². The van der Waals surface area contributed by atoms with Gasteiger partial charge in [-0.3, -0.25) is 9.52 Å². The van der Waals surface area contributed by atoms with E-state index in [9.17, 15) is 17.6 Å². The molecule has 1 saturated carbocycles. The highest BCUT2D eigenvalue weighted by Gasteiger charge is 2.29. The fourth-order valence-electron chi connectivity index (χ4n) is 2.12. The van der Waals surface area contributed by atoms with Crippen LogP contribution in [0.15, 0.2) is 42.6 Å². The van der Waals surface area contributed by atoms with Gasteiger partial charge < -0.3 is 5.32 Å². The predicted molar refractivity (Wildman–Crippen MR) is 88.2 cm³/mol. The lowest BCUT2D eigenvalue weighted by Gasteiger charge is -2.09. The Kier molecular flexibility index (Phi) is 4.48. The third kappa shape index (κ3) is 4.51. The highest BCUT2D eigenvalue weighted by atomic mass is 32.2. The molecule has 0 bridgehead atoms. The Morgan fingerprint density at radius 3 is 2.46 bits per heavy atom. The van der Waals surface area contributed by atoms with E-state index < -0.39 is 15.8 Å². The average molecular weight is 349 g/mol. The molecule has 0 radical (unpaired) electrons. The molecule has 1 aromatic heterocycles. The molecule has 1 aliphatic rings. The summed E-state index contributed by atoms with van der Waals surface area (Å²) in [7, 11) is -3.64. The smallest absolute Gasteiger partial charge is 0.236 e. The molecular formula is C16H16FN3O3S. The molecule has 3 rings (SSSR count). The van der Waals surface area contributed by atoms with Crippen molar-refractivity contribution in [3.63, 3.8) is 0 Å². The second kappa shape index (κ2) is 6.56. The number of hydrogen-bond acceptors (Lipinski definition) is 4. The van der Waals surface area contributed by atoms with Crippen molar-refractivity contribution >= 4 is 27.4 Å². The number of carbonyl (C=O) groups excluding carboxylic acids is 1. The van der Waals surface area contributed by atoms with Crippen LogP contribution in [0.3, 0.4) is 0 Å². The van der Waals surface area contributed by atoms with Crippen LogP contribution in [0.2, 0.25) is 0 Å². The minimum atomic E-state index is -3.64. The Hall–Kier alpha value is -2.48. The monoisotopic (exact) mass is 349 g/mol. The predicted octanol–water partition coefficient (Wildman–Crippen LogP) is 2.51. The topological polar surface area (TPSA) is 88.2 Å². The number of halogens is 1.